The van der Waals surface area contributed by atoms with Crippen LogP contribution in [0.15, 0.2) is 48.5 Å². The van der Waals surface area contributed by atoms with E-state index in [-0.39, 0.29) is 18.2 Å². The van der Waals surface area contributed by atoms with Crippen LogP contribution in [-0.2, 0) is 14.3 Å². The Balaban J connectivity index is 2.12. The van der Waals surface area contributed by atoms with E-state index in [0.717, 1.165) is 5.56 Å². The second kappa shape index (κ2) is 9.01. The van der Waals surface area contributed by atoms with Gasteiger partial charge in [0.15, 0.2) is 0 Å². The van der Waals surface area contributed by atoms with Crippen molar-refractivity contribution in [2.24, 2.45) is 0 Å². The fourth-order valence-corrected chi connectivity index (χ4v) is 2.66. The molecule has 0 saturated carbocycles. The van der Waals surface area contributed by atoms with Crippen molar-refractivity contribution >= 4 is 35.1 Å². The van der Waals surface area contributed by atoms with Crippen LogP contribution in [0.1, 0.15) is 35.3 Å². The molecule has 0 saturated heterocycles. The van der Waals surface area contributed by atoms with E-state index in [1.54, 1.807) is 42.5 Å². The summed E-state index contributed by atoms with van der Waals surface area (Å²) in [5, 5.41) is 5.98. The van der Waals surface area contributed by atoms with Crippen LogP contribution in [0.3, 0.4) is 0 Å². The Labute approximate surface area is 156 Å². The molecule has 2 N–H and O–H groups in total. The molecule has 2 aromatic carbocycles. The number of hydrogen-bond acceptors (Lipinski definition) is 4. The molecule has 7 heteroatoms. The minimum Gasteiger partial charge on any atom is -0.465 e. The van der Waals surface area contributed by atoms with E-state index in [9.17, 15) is 14.4 Å². The number of rotatable bonds is 6. The summed E-state index contributed by atoms with van der Waals surface area (Å²) in [6.45, 7) is 1.38. The fourth-order valence-electron chi connectivity index (χ4n) is 2.46. The summed E-state index contributed by atoms with van der Waals surface area (Å²) in [5.41, 5.74) is 1.52. The lowest BCUT2D eigenvalue weighted by atomic mass is 10.0. The summed E-state index contributed by atoms with van der Waals surface area (Å²) >= 11 is 6.00. The number of benzene rings is 2. The molecule has 1 atom stereocenters. The minimum atomic E-state index is -0.519. The van der Waals surface area contributed by atoms with Crippen molar-refractivity contribution in [3.8, 4) is 0 Å². The first-order valence-electron chi connectivity index (χ1n) is 7.90. The zero-order chi connectivity index (χ0) is 19.1. The van der Waals surface area contributed by atoms with Gasteiger partial charge in [-0.3, -0.25) is 9.59 Å². The van der Waals surface area contributed by atoms with Crippen molar-refractivity contribution in [1.29, 1.82) is 0 Å². The van der Waals surface area contributed by atoms with Gasteiger partial charge in [0.05, 0.1) is 25.1 Å². The van der Waals surface area contributed by atoms with E-state index in [0.29, 0.717) is 16.3 Å². The van der Waals surface area contributed by atoms with Gasteiger partial charge in [-0.2, -0.15) is 0 Å². The van der Waals surface area contributed by atoms with Gasteiger partial charge in [0, 0.05) is 17.6 Å². The van der Waals surface area contributed by atoms with Crippen LogP contribution in [0.5, 0.6) is 0 Å². The smallest absolute Gasteiger partial charge is 0.337 e. The first-order chi connectivity index (χ1) is 12.4. The molecule has 0 aliphatic carbocycles. The largest absolute Gasteiger partial charge is 0.465 e. The second-order valence-corrected chi connectivity index (χ2v) is 6.07. The highest BCUT2D eigenvalue weighted by Gasteiger charge is 2.18. The highest BCUT2D eigenvalue weighted by molar-refractivity contribution is 6.30. The maximum atomic E-state index is 12.4. The van der Waals surface area contributed by atoms with Gasteiger partial charge in [-0.1, -0.05) is 29.8 Å². The maximum Gasteiger partial charge on any atom is 0.337 e. The number of esters is 1. The highest BCUT2D eigenvalue weighted by Crippen LogP contribution is 2.21. The number of hydrogen-bond donors (Lipinski definition) is 2. The number of halogens is 1. The van der Waals surface area contributed by atoms with E-state index < -0.39 is 12.0 Å². The number of ether oxygens (including phenoxy) is 1. The van der Waals surface area contributed by atoms with Gasteiger partial charge in [0.25, 0.3) is 0 Å². The zero-order valence-corrected chi connectivity index (χ0v) is 15.2. The van der Waals surface area contributed by atoms with Crippen LogP contribution in [0, 0.1) is 0 Å². The summed E-state index contributed by atoms with van der Waals surface area (Å²) in [6.07, 6.45) is 0.0162. The molecule has 0 aliphatic rings. The Morgan fingerprint density at radius 2 is 1.85 bits per heavy atom. The number of carbonyl (C=O) groups is 3. The second-order valence-electron chi connectivity index (χ2n) is 5.63. The van der Waals surface area contributed by atoms with Crippen molar-refractivity contribution in [2.45, 2.75) is 19.4 Å². The summed E-state index contributed by atoms with van der Waals surface area (Å²) in [6, 6.07) is 12.9. The standard InChI is InChI=1S/C19H19ClN2O4/c1-12(23)21-17(13-5-3-7-15(20)9-13)11-18(24)22-16-8-4-6-14(10-16)19(25)26-2/h3-10,17H,11H2,1-2H3,(H,21,23)(H,22,24). The summed E-state index contributed by atoms with van der Waals surface area (Å²) in [5.74, 6) is -1.06. The Kier molecular flexibility index (Phi) is 6.74. The van der Waals surface area contributed by atoms with Crippen molar-refractivity contribution in [2.75, 3.05) is 12.4 Å². The van der Waals surface area contributed by atoms with Crippen molar-refractivity contribution in [3.05, 3.63) is 64.7 Å². The molecule has 0 heterocycles. The van der Waals surface area contributed by atoms with Crippen molar-refractivity contribution in [1.82, 2.24) is 5.32 Å². The summed E-state index contributed by atoms with van der Waals surface area (Å²) < 4.78 is 4.66. The minimum absolute atomic E-state index is 0.0162. The Morgan fingerprint density at radius 1 is 1.12 bits per heavy atom. The molecule has 0 fully saturated rings. The monoisotopic (exact) mass is 374 g/mol. The molecule has 0 bridgehead atoms. The average Bonchev–Trinajstić information content (AvgIpc) is 2.60. The van der Waals surface area contributed by atoms with Gasteiger partial charge >= 0.3 is 5.97 Å². The van der Waals surface area contributed by atoms with E-state index in [1.807, 2.05) is 0 Å². The molecular formula is C19H19ClN2O4. The lowest BCUT2D eigenvalue weighted by molar-refractivity contribution is -0.120. The lowest BCUT2D eigenvalue weighted by Crippen LogP contribution is -2.29. The van der Waals surface area contributed by atoms with Crippen molar-refractivity contribution < 1.29 is 19.1 Å². The molecule has 26 heavy (non-hydrogen) atoms. The maximum absolute atomic E-state index is 12.4. The van der Waals surface area contributed by atoms with E-state index >= 15 is 0 Å². The normalized spacial score (nSPS) is 11.3. The molecule has 2 aromatic rings. The van der Waals surface area contributed by atoms with Crippen LogP contribution in [-0.4, -0.2) is 24.9 Å². The van der Waals surface area contributed by atoms with Gasteiger partial charge in [-0.15, -0.1) is 0 Å². The van der Waals surface area contributed by atoms with Gasteiger partial charge in [0.2, 0.25) is 11.8 Å². The van der Waals surface area contributed by atoms with Gasteiger partial charge in [-0.05, 0) is 35.9 Å². The van der Waals surface area contributed by atoms with Crippen LogP contribution >= 0.6 is 11.6 Å². The molecule has 2 rings (SSSR count). The lowest BCUT2D eigenvalue weighted by Gasteiger charge is -2.18. The topological polar surface area (TPSA) is 84.5 Å². The quantitative estimate of drug-likeness (QED) is 0.759. The summed E-state index contributed by atoms with van der Waals surface area (Å²) in [4.78, 5) is 35.5. The third-order valence-electron chi connectivity index (χ3n) is 3.59. The van der Waals surface area contributed by atoms with E-state index in [1.165, 1.54) is 20.1 Å². The fraction of sp³-hybridized carbons (Fsp3) is 0.211. The zero-order valence-electron chi connectivity index (χ0n) is 14.4. The molecule has 136 valence electrons. The van der Waals surface area contributed by atoms with Gasteiger partial charge in [-0.25, -0.2) is 4.79 Å². The molecular weight excluding hydrogens is 356 g/mol. The predicted octanol–water partition coefficient (Wildman–Crippen LogP) is 3.33. The molecule has 0 radical (unpaired) electrons. The Hall–Kier alpha value is -2.86. The molecule has 0 aliphatic heterocycles. The van der Waals surface area contributed by atoms with Crippen LogP contribution in [0.2, 0.25) is 5.02 Å². The first kappa shape index (κ1) is 19.5. The molecule has 0 spiro atoms. The van der Waals surface area contributed by atoms with Gasteiger partial charge in [0.1, 0.15) is 0 Å². The summed E-state index contributed by atoms with van der Waals surface area (Å²) in [7, 11) is 1.29. The number of carbonyl (C=O) groups excluding carboxylic acids is 3. The van der Waals surface area contributed by atoms with E-state index in [4.69, 9.17) is 11.6 Å². The number of nitrogens with one attached hydrogen (secondary N) is 2. The third-order valence-corrected chi connectivity index (χ3v) is 3.82. The van der Waals surface area contributed by atoms with Gasteiger partial charge < -0.3 is 15.4 Å². The van der Waals surface area contributed by atoms with Crippen LogP contribution < -0.4 is 10.6 Å². The van der Waals surface area contributed by atoms with E-state index in [2.05, 4.69) is 15.4 Å². The number of methoxy groups -OCH3 is 1. The SMILES string of the molecule is COC(=O)c1cccc(NC(=O)CC(NC(C)=O)c2cccc(Cl)c2)c1. The Morgan fingerprint density at radius 3 is 2.50 bits per heavy atom. The highest BCUT2D eigenvalue weighted by atomic mass is 35.5. The predicted molar refractivity (Wildman–Crippen MR) is 99.0 cm³/mol. The van der Waals surface area contributed by atoms with Crippen LogP contribution in [0.4, 0.5) is 5.69 Å². The number of anilines is 1. The molecule has 2 amide bonds. The Bertz CT molecular complexity index is 823. The molecule has 0 aromatic heterocycles. The molecule has 1 unspecified atom stereocenters. The number of amides is 2. The van der Waals surface area contributed by atoms with Crippen LogP contribution in [0.25, 0.3) is 0 Å². The molecule has 6 nitrogen and oxygen atoms in total. The average molecular weight is 375 g/mol. The third kappa shape index (κ3) is 5.60. The van der Waals surface area contributed by atoms with Crippen molar-refractivity contribution in [3.63, 3.8) is 0 Å². The first-order valence-corrected chi connectivity index (χ1v) is 8.27.